The van der Waals surface area contributed by atoms with Gasteiger partial charge in [0.15, 0.2) is 6.73 Å². The van der Waals surface area contributed by atoms with Crippen LogP contribution in [0.5, 0.6) is 0 Å². The van der Waals surface area contributed by atoms with Crippen LogP contribution in [0.25, 0.3) is 5.57 Å². The molecule has 0 aliphatic carbocycles. The van der Waals surface area contributed by atoms with Gasteiger partial charge in [-0.1, -0.05) is 0 Å². The fourth-order valence-electron chi connectivity index (χ4n) is 2.26. The first kappa shape index (κ1) is 16.5. The third-order valence-electron chi connectivity index (χ3n) is 3.66. The number of nitrogens with zero attached hydrogens (tertiary/aromatic N) is 1. The van der Waals surface area contributed by atoms with Crippen LogP contribution in [-0.2, 0) is 19.1 Å². The third-order valence-corrected chi connectivity index (χ3v) is 4.68. The second-order valence-corrected chi connectivity index (χ2v) is 6.92. The van der Waals surface area contributed by atoms with Gasteiger partial charge in [0.05, 0.1) is 12.2 Å². The van der Waals surface area contributed by atoms with Gasteiger partial charge in [0.2, 0.25) is 0 Å². The highest BCUT2D eigenvalue weighted by atomic mass is 32.1. The molecule has 2 heterocycles. The minimum Gasteiger partial charge on any atom is -0.477 e. The quantitative estimate of drug-likeness (QED) is 0.800. The van der Waals surface area contributed by atoms with E-state index in [0.717, 1.165) is 9.75 Å². The first-order valence-electron chi connectivity index (χ1n) is 7.18. The van der Waals surface area contributed by atoms with Crippen LogP contribution in [0.2, 0.25) is 0 Å². The maximum absolute atomic E-state index is 12.9. The van der Waals surface area contributed by atoms with Crippen molar-refractivity contribution < 1.29 is 19.1 Å². The fraction of sp³-hybridized carbons (Fsp3) is 0.500. The minimum atomic E-state index is -1.08. The lowest BCUT2D eigenvalue weighted by Gasteiger charge is -2.39. The van der Waals surface area contributed by atoms with Crippen molar-refractivity contribution in [2.45, 2.75) is 40.2 Å². The molecule has 1 aromatic heterocycles. The molecule has 1 aliphatic rings. The lowest BCUT2D eigenvalue weighted by Crippen LogP contribution is -2.56. The van der Waals surface area contributed by atoms with E-state index >= 15 is 0 Å². The molecule has 2 rings (SSSR count). The molecule has 1 aromatic rings. The predicted molar refractivity (Wildman–Crippen MR) is 85.2 cm³/mol. The van der Waals surface area contributed by atoms with Crippen LogP contribution in [0.3, 0.4) is 0 Å². The van der Waals surface area contributed by atoms with E-state index in [1.54, 1.807) is 27.7 Å². The highest BCUT2D eigenvalue weighted by Gasteiger charge is 2.43. The Bertz CT molecular complexity index is 630. The van der Waals surface area contributed by atoms with E-state index in [9.17, 15) is 9.59 Å². The summed E-state index contributed by atoms with van der Waals surface area (Å²) < 4.78 is 10.7. The molecule has 6 heteroatoms. The molecule has 0 spiro atoms. The van der Waals surface area contributed by atoms with Crippen molar-refractivity contribution in [3.8, 4) is 0 Å². The second-order valence-electron chi connectivity index (χ2n) is 5.63. The summed E-state index contributed by atoms with van der Waals surface area (Å²) in [5, 5.41) is 0. The number of esters is 1. The lowest BCUT2D eigenvalue weighted by atomic mass is 10.0. The number of hydrogen-bond acceptors (Lipinski definition) is 5. The molecule has 0 atom stereocenters. The first-order valence-corrected chi connectivity index (χ1v) is 8.00. The van der Waals surface area contributed by atoms with Crippen LogP contribution in [-0.4, -0.2) is 35.7 Å². The number of aryl methyl sites for hydroxylation is 1. The number of rotatable bonds is 4. The van der Waals surface area contributed by atoms with Gasteiger partial charge in [0.1, 0.15) is 11.3 Å². The highest BCUT2D eigenvalue weighted by molar-refractivity contribution is 7.13. The van der Waals surface area contributed by atoms with E-state index in [2.05, 4.69) is 0 Å². The van der Waals surface area contributed by atoms with Gasteiger partial charge in [0.25, 0.3) is 5.91 Å². The number of ether oxygens (including phenoxy) is 2. The molecule has 0 aromatic carbocycles. The van der Waals surface area contributed by atoms with Crippen LogP contribution in [0.4, 0.5) is 0 Å². The van der Waals surface area contributed by atoms with Crippen molar-refractivity contribution in [1.82, 2.24) is 4.90 Å². The van der Waals surface area contributed by atoms with Crippen molar-refractivity contribution in [1.29, 1.82) is 0 Å². The summed E-state index contributed by atoms with van der Waals surface area (Å²) in [6.07, 6.45) is 0. The van der Waals surface area contributed by atoms with Gasteiger partial charge in [-0.15, -0.1) is 11.3 Å². The van der Waals surface area contributed by atoms with Crippen molar-refractivity contribution in [2.75, 3.05) is 13.3 Å². The topological polar surface area (TPSA) is 55.8 Å². The summed E-state index contributed by atoms with van der Waals surface area (Å²) in [6.45, 7) is 9.16. The molecule has 5 nitrogen and oxygen atoms in total. The zero-order chi connectivity index (χ0) is 16.5. The van der Waals surface area contributed by atoms with E-state index < -0.39 is 11.5 Å². The van der Waals surface area contributed by atoms with Crippen LogP contribution in [0.15, 0.2) is 17.9 Å². The van der Waals surface area contributed by atoms with Gasteiger partial charge in [-0.3, -0.25) is 9.69 Å². The van der Waals surface area contributed by atoms with Crippen LogP contribution in [0.1, 0.15) is 37.4 Å². The predicted octanol–water partition coefficient (Wildman–Crippen LogP) is 2.95. The van der Waals surface area contributed by atoms with Gasteiger partial charge < -0.3 is 9.47 Å². The van der Waals surface area contributed by atoms with E-state index in [1.165, 1.54) is 16.2 Å². The SMILES string of the molecule is CCOC(=O)C(C)(C)N1COC(C)=C(c2ccc(C)s2)C1=O. The maximum atomic E-state index is 12.9. The molecule has 0 N–H and O–H groups in total. The van der Waals surface area contributed by atoms with E-state index in [0.29, 0.717) is 11.3 Å². The molecule has 1 aliphatic heterocycles. The Morgan fingerprint density at radius 1 is 1.41 bits per heavy atom. The number of hydrogen-bond donors (Lipinski definition) is 0. The average Bonchev–Trinajstić information content (AvgIpc) is 2.85. The summed E-state index contributed by atoms with van der Waals surface area (Å²) in [5.41, 5.74) is -0.563. The van der Waals surface area contributed by atoms with Gasteiger partial charge in [-0.05, 0) is 46.8 Å². The number of carbonyl (C=O) groups is 2. The Morgan fingerprint density at radius 2 is 2.09 bits per heavy atom. The summed E-state index contributed by atoms with van der Waals surface area (Å²) in [5.74, 6) is -0.0559. The maximum Gasteiger partial charge on any atom is 0.331 e. The third kappa shape index (κ3) is 2.88. The summed E-state index contributed by atoms with van der Waals surface area (Å²) in [6, 6.07) is 3.87. The summed E-state index contributed by atoms with van der Waals surface area (Å²) in [7, 11) is 0. The average molecular weight is 323 g/mol. The van der Waals surface area contributed by atoms with E-state index in [1.807, 2.05) is 19.1 Å². The van der Waals surface area contributed by atoms with Crippen molar-refractivity contribution >= 4 is 28.8 Å². The largest absolute Gasteiger partial charge is 0.477 e. The molecule has 0 unspecified atom stereocenters. The molecule has 0 fully saturated rings. The lowest BCUT2D eigenvalue weighted by molar-refractivity contribution is -0.165. The Kier molecular flexibility index (Phi) is 4.60. The molecular formula is C16H21NO4S. The first-order chi connectivity index (χ1) is 10.3. The normalized spacial score (nSPS) is 15.9. The second kappa shape index (κ2) is 6.12. The molecular weight excluding hydrogens is 302 g/mol. The number of amides is 1. The van der Waals surface area contributed by atoms with Crippen molar-refractivity contribution in [3.63, 3.8) is 0 Å². The molecule has 22 heavy (non-hydrogen) atoms. The monoisotopic (exact) mass is 323 g/mol. The van der Waals surface area contributed by atoms with Crippen molar-refractivity contribution in [2.24, 2.45) is 0 Å². The van der Waals surface area contributed by atoms with Crippen LogP contribution >= 0.6 is 11.3 Å². The molecule has 0 saturated carbocycles. The van der Waals surface area contributed by atoms with Gasteiger partial charge in [-0.2, -0.15) is 0 Å². The van der Waals surface area contributed by atoms with E-state index in [-0.39, 0.29) is 19.2 Å². The Hall–Kier alpha value is -1.82. The zero-order valence-corrected chi connectivity index (χ0v) is 14.4. The fourth-order valence-corrected chi connectivity index (χ4v) is 3.21. The molecule has 1 amide bonds. The van der Waals surface area contributed by atoms with Gasteiger partial charge in [-0.25, -0.2) is 4.79 Å². The van der Waals surface area contributed by atoms with Crippen LogP contribution in [0, 0.1) is 6.92 Å². The van der Waals surface area contributed by atoms with Crippen LogP contribution < -0.4 is 0 Å². The highest BCUT2D eigenvalue weighted by Crippen LogP contribution is 2.34. The van der Waals surface area contributed by atoms with E-state index in [4.69, 9.17) is 9.47 Å². The standard InChI is InChI=1S/C16H21NO4S/c1-6-20-15(19)16(4,5)17-9-21-11(3)13(14(17)18)12-8-7-10(2)22-12/h7-8H,6,9H2,1-5H3. The Balaban J connectivity index is 2.36. The number of allylic oxidation sites excluding steroid dienone is 1. The summed E-state index contributed by atoms with van der Waals surface area (Å²) in [4.78, 5) is 28.4. The van der Waals surface area contributed by atoms with Gasteiger partial charge in [0, 0.05) is 9.75 Å². The minimum absolute atomic E-state index is 0.0460. The molecule has 0 radical (unpaired) electrons. The van der Waals surface area contributed by atoms with Crippen molar-refractivity contribution in [3.05, 3.63) is 27.6 Å². The number of carbonyl (C=O) groups excluding carboxylic acids is 2. The molecule has 0 saturated heterocycles. The molecule has 0 bridgehead atoms. The molecule has 120 valence electrons. The Labute approximate surface area is 134 Å². The summed E-state index contributed by atoms with van der Waals surface area (Å²) >= 11 is 1.53. The smallest absolute Gasteiger partial charge is 0.331 e. The Morgan fingerprint density at radius 3 is 2.64 bits per heavy atom. The zero-order valence-electron chi connectivity index (χ0n) is 13.6. The van der Waals surface area contributed by atoms with Gasteiger partial charge >= 0.3 is 5.97 Å². The number of thiophene rings is 1.